The highest BCUT2D eigenvalue weighted by molar-refractivity contribution is 6.32. The van der Waals surface area contributed by atoms with Crippen molar-refractivity contribution in [1.82, 2.24) is 10.3 Å². The summed E-state index contributed by atoms with van der Waals surface area (Å²) in [5.74, 6) is -0.475. The average Bonchev–Trinajstić information content (AvgIpc) is 2.40. The Hall–Kier alpha value is -1.73. The van der Waals surface area contributed by atoms with E-state index in [1.165, 1.54) is 0 Å². The van der Waals surface area contributed by atoms with Gasteiger partial charge in [-0.1, -0.05) is 11.6 Å². The van der Waals surface area contributed by atoms with E-state index in [9.17, 15) is 14.9 Å². The fourth-order valence-electron chi connectivity index (χ4n) is 1.81. The predicted molar refractivity (Wildman–Crippen MR) is 67.2 cm³/mol. The molecule has 8 heteroatoms. The van der Waals surface area contributed by atoms with Gasteiger partial charge in [0.2, 0.25) is 0 Å². The van der Waals surface area contributed by atoms with Crippen molar-refractivity contribution in [2.45, 2.75) is 18.9 Å². The van der Waals surface area contributed by atoms with E-state index in [0.717, 1.165) is 25.1 Å². The molecule has 1 fully saturated rings. The molecular weight excluding hydrogens is 274 g/mol. The lowest BCUT2D eigenvalue weighted by Gasteiger charge is -2.23. The van der Waals surface area contributed by atoms with Gasteiger partial charge in [-0.25, -0.2) is 4.98 Å². The summed E-state index contributed by atoms with van der Waals surface area (Å²) in [6, 6.07) is 1.02. The lowest BCUT2D eigenvalue weighted by atomic mass is 10.1. The molecule has 0 bridgehead atoms. The predicted octanol–water partition coefficient (Wildman–Crippen LogP) is 1.55. The largest absolute Gasteiger partial charge is 0.379 e. The number of carbonyl (C=O) groups excluding carboxylic acids is 1. The van der Waals surface area contributed by atoms with Crippen molar-refractivity contribution < 1.29 is 14.5 Å². The van der Waals surface area contributed by atoms with Crippen molar-refractivity contribution in [3.63, 3.8) is 0 Å². The number of hydrogen-bond donors (Lipinski definition) is 1. The molecule has 1 N–H and O–H groups in total. The molecule has 2 rings (SSSR count). The highest BCUT2D eigenvalue weighted by Gasteiger charge is 2.21. The standard InChI is InChI=1S/C11H12ClN3O4/c12-10-9(4-8(5-13-10)15(17)18)11(16)14-7-2-1-3-19-6-7/h4-5,7H,1-3,6H2,(H,14,16). The summed E-state index contributed by atoms with van der Waals surface area (Å²) in [6.45, 7) is 1.12. The number of nitrogens with one attached hydrogen (secondary N) is 1. The minimum atomic E-state index is -0.621. The SMILES string of the molecule is O=C(NC1CCCOC1)c1cc([N+](=O)[O-])cnc1Cl. The molecule has 0 radical (unpaired) electrons. The van der Waals surface area contributed by atoms with Crippen LogP contribution < -0.4 is 5.32 Å². The number of hydrogen-bond acceptors (Lipinski definition) is 5. The van der Waals surface area contributed by atoms with Gasteiger partial charge >= 0.3 is 0 Å². The molecule has 1 aromatic rings. The molecule has 0 aliphatic carbocycles. The van der Waals surface area contributed by atoms with Gasteiger partial charge in [-0.3, -0.25) is 14.9 Å². The Morgan fingerprint density at radius 3 is 3.05 bits per heavy atom. The second kappa shape index (κ2) is 5.94. The van der Waals surface area contributed by atoms with Crippen LogP contribution in [-0.2, 0) is 4.74 Å². The number of halogens is 1. The zero-order chi connectivity index (χ0) is 13.8. The molecule has 7 nitrogen and oxygen atoms in total. The van der Waals surface area contributed by atoms with Gasteiger partial charge in [0.05, 0.1) is 23.1 Å². The van der Waals surface area contributed by atoms with E-state index in [0.29, 0.717) is 13.2 Å². The number of pyridine rings is 1. The number of aromatic nitrogens is 1. The molecule has 102 valence electrons. The molecule has 1 amide bonds. The first kappa shape index (κ1) is 13.7. The van der Waals surface area contributed by atoms with E-state index in [1.54, 1.807) is 0 Å². The maximum absolute atomic E-state index is 12.0. The van der Waals surface area contributed by atoms with Crippen molar-refractivity contribution in [2.75, 3.05) is 13.2 Å². The number of nitrogens with zero attached hydrogens (tertiary/aromatic N) is 2. The second-order valence-electron chi connectivity index (χ2n) is 4.18. The molecule has 19 heavy (non-hydrogen) atoms. The van der Waals surface area contributed by atoms with Crippen LogP contribution in [0.2, 0.25) is 5.15 Å². The smallest absolute Gasteiger partial charge is 0.288 e. The summed E-state index contributed by atoms with van der Waals surface area (Å²) in [5.41, 5.74) is -0.268. The van der Waals surface area contributed by atoms with Gasteiger partial charge in [0, 0.05) is 12.7 Å². The van der Waals surface area contributed by atoms with Crippen LogP contribution in [0.5, 0.6) is 0 Å². The third-order valence-electron chi connectivity index (χ3n) is 2.78. The fourth-order valence-corrected chi connectivity index (χ4v) is 2.00. The molecule has 0 spiro atoms. The maximum Gasteiger partial charge on any atom is 0.288 e. The minimum absolute atomic E-state index is 0.00133. The van der Waals surface area contributed by atoms with Gasteiger partial charge in [0.1, 0.15) is 11.3 Å². The molecule has 1 aromatic heterocycles. The Labute approximate surface area is 114 Å². The number of rotatable bonds is 3. The summed E-state index contributed by atoms with van der Waals surface area (Å²) in [5, 5.41) is 13.3. The molecule has 0 aromatic carbocycles. The average molecular weight is 286 g/mol. The minimum Gasteiger partial charge on any atom is -0.379 e. The molecule has 1 aliphatic rings. The van der Waals surface area contributed by atoms with Crippen LogP contribution in [0.3, 0.4) is 0 Å². The molecule has 1 atom stereocenters. The van der Waals surface area contributed by atoms with E-state index in [1.807, 2.05) is 0 Å². The number of nitro groups is 1. The zero-order valence-electron chi connectivity index (χ0n) is 9.97. The monoisotopic (exact) mass is 285 g/mol. The van der Waals surface area contributed by atoms with Gasteiger partial charge in [-0.05, 0) is 12.8 Å². The second-order valence-corrected chi connectivity index (χ2v) is 4.53. The van der Waals surface area contributed by atoms with Crippen molar-refractivity contribution in [2.24, 2.45) is 0 Å². The van der Waals surface area contributed by atoms with Crippen LogP contribution >= 0.6 is 11.6 Å². The first-order chi connectivity index (χ1) is 9.08. The summed E-state index contributed by atoms with van der Waals surface area (Å²) in [7, 11) is 0. The summed E-state index contributed by atoms with van der Waals surface area (Å²) in [6.07, 6.45) is 2.69. The van der Waals surface area contributed by atoms with E-state index < -0.39 is 10.8 Å². The highest BCUT2D eigenvalue weighted by atomic mass is 35.5. The Balaban J connectivity index is 2.13. The topological polar surface area (TPSA) is 94.4 Å². The van der Waals surface area contributed by atoms with Crippen molar-refractivity contribution in [1.29, 1.82) is 0 Å². The van der Waals surface area contributed by atoms with Gasteiger partial charge < -0.3 is 10.1 Å². The van der Waals surface area contributed by atoms with Gasteiger partial charge in [0.25, 0.3) is 11.6 Å². The Morgan fingerprint density at radius 1 is 1.63 bits per heavy atom. The normalized spacial score (nSPS) is 18.9. The van der Waals surface area contributed by atoms with Crippen molar-refractivity contribution in [3.05, 3.63) is 33.1 Å². The van der Waals surface area contributed by atoms with E-state index in [4.69, 9.17) is 16.3 Å². The Morgan fingerprint density at radius 2 is 2.42 bits per heavy atom. The lowest BCUT2D eigenvalue weighted by Crippen LogP contribution is -2.40. The molecule has 1 aliphatic heterocycles. The number of carbonyl (C=O) groups is 1. The molecule has 1 saturated heterocycles. The third-order valence-corrected chi connectivity index (χ3v) is 3.08. The Bertz CT molecular complexity index is 503. The van der Waals surface area contributed by atoms with Crippen molar-refractivity contribution >= 4 is 23.2 Å². The van der Waals surface area contributed by atoms with Crippen LogP contribution in [0.25, 0.3) is 0 Å². The van der Waals surface area contributed by atoms with Crippen molar-refractivity contribution in [3.8, 4) is 0 Å². The van der Waals surface area contributed by atoms with Crippen LogP contribution in [-0.4, -0.2) is 35.1 Å². The molecule has 1 unspecified atom stereocenters. The molecular formula is C11H12ClN3O4. The van der Waals surface area contributed by atoms with Gasteiger partial charge in [0.15, 0.2) is 0 Å². The van der Waals surface area contributed by atoms with Crippen LogP contribution in [0.1, 0.15) is 23.2 Å². The molecule has 0 saturated carbocycles. The van der Waals surface area contributed by atoms with Crippen LogP contribution in [0, 0.1) is 10.1 Å². The van der Waals surface area contributed by atoms with Crippen LogP contribution in [0.15, 0.2) is 12.3 Å². The first-order valence-corrected chi connectivity index (χ1v) is 6.14. The fraction of sp³-hybridized carbons (Fsp3) is 0.455. The number of amides is 1. The van der Waals surface area contributed by atoms with E-state index in [2.05, 4.69) is 10.3 Å². The number of ether oxygens (including phenoxy) is 1. The van der Waals surface area contributed by atoms with Gasteiger partial charge in [-0.15, -0.1) is 0 Å². The first-order valence-electron chi connectivity index (χ1n) is 5.76. The third kappa shape index (κ3) is 3.39. The van der Waals surface area contributed by atoms with Crippen LogP contribution in [0.4, 0.5) is 5.69 Å². The van der Waals surface area contributed by atoms with E-state index in [-0.39, 0.29) is 22.4 Å². The lowest BCUT2D eigenvalue weighted by molar-refractivity contribution is -0.385. The Kier molecular flexibility index (Phi) is 4.28. The van der Waals surface area contributed by atoms with E-state index >= 15 is 0 Å². The quantitative estimate of drug-likeness (QED) is 0.516. The maximum atomic E-state index is 12.0. The summed E-state index contributed by atoms with van der Waals surface area (Å²) >= 11 is 5.79. The molecule has 2 heterocycles. The summed E-state index contributed by atoms with van der Waals surface area (Å²) < 4.78 is 5.24. The highest BCUT2D eigenvalue weighted by Crippen LogP contribution is 2.19. The summed E-state index contributed by atoms with van der Waals surface area (Å²) in [4.78, 5) is 25.7. The van der Waals surface area contributed by atoms with Gasteiger partial charge in [-0.2, -0.15) is 0 Å². The zero-order valence-corrected chi connectivity index (χ0v) is 10.7.